The molecule has 0 heterocycles. The van der Waals surface area contributed by atoms with Gasteiger partial charge in [-0.1, -0.05) is 29.8 Å². The molecule has 0 aliphatic carbocycles. The highest BCUT2D eigenvalue weighted by Crippen LogP contribution is 2.22. The van der Waals surface area contributed by atoms with Crippen molar-refractivity contribution in [2.75, 3.05) is 13.7 Å². The highest BCUT2D eigenvalue weighted by Gasteiger charge is 2.17. The molecular weight excluding hydrogens is 264 g/mol. The summed E-state index contributed by atoms with van der Waals surface area (Å²) in [5.74, 6) is -0.163. The molecule has 0 bridgehead atoms. The molecule has 3 N–H and O–H groups in total. The minimum atomic E-state index is -0.514. The Morgan fingerprint density at radius 1 is 1.47 bits per heavy atom. The van der Waals surface area contributed by atoms with E-state index in [1.165, 1.54) is 0 Å². The standard InChI is InChI=1S/C14H21ClN2O2/c1-10(11-6-3-4-7-12(11)15)17-14(18)13(16)8-5-9-19-2/h3-4,6-7,10,13H,5,8-9,16H2,1-2H3,(H,17,18)/t10-,13?/m0/s1. The van der Waals surface area contributed by atoms with Crippen LogP contribution in [0.1, 0.15) is 31.4 Å². The third-order valence-electron chi connectivity index (χ3n) is 2.93. The quantitative estimate of drug-likeness (QED) is 0.755. The first kappa shape index (κ1) is 16.0. The van der Waals surface area contributed by atoms with Crippen molar-refractivity contribution < 1.29 is 9.53 Å². The van der Waals surface area contributed by atoms with Crippen molar-refractivity contribution >= 4 is 17.5 Å². The lowest BCUT2D eigenvalue weighted by Crippen LogP contribution is -2.41. The number of halogens is 1. The molecule has 106 valence electrons. The zero-order valence-corrected chi connectivity index (χ0v) is 12.1. The lowest BCUT2D eigenvalue weighted by molar-refractivity contribution is -0.123. The summed E-state index contributed by atoms with van der Waals surface area (Å²) >= 11 is 6.09. The maximum atomic E-state index is 11.9. The van der Waals surface area contributed by atoms with E-state index < -0.39 is 6.04 Å². The summed E-state index contributed by atoms with van der Waals surface area (Å²) in [5.41, 5.74) is 6.71. The van der Waals surface area contributed by atoms with Crippen molar-refractivity contribution in [3.05, 3.63) is 34.9 Å². The summed E-state index contributed by atoms with van der Waals surface area (Å²) in [6.45, 7) is 2.50. The third kappa shape index (κ3) is 5.19. The van der Waals surface area contributed by atoms with Crippen molar-refractivity contribution in [1.29, 1.82) is 0 Å². The first-order valence-electron chi connectivity index (χ1n) is 6.35. The zero-order valence-electron chi connectivity index (χ0n) is 11.4. The summed E-state index contributed by atoms with van der Waals surface area (Å²) < 4.78 is 4.93. The van der Waals surface area contributed by atoms with Crippen LogP contribution in [0.5, 0.6) is 0 Å². The fourth-order valence-corrected chi connectivity index (χ4v) is 2.10. The van der Waals surface area contributed by atoms with Crippen molar-refractivity contribution in [3.8, 4) is 0 Å². The van der Waals surface area contributed by atoms with Gasteiger partial charge in [0, 0.05) is 18.7 Å². The number of methoxy groups -OCH3 is 1. The van der Waals surface area contributed by atoms with Gasteiger partial charge in [0.2, 0.25) is 5.91 Å². The van der Waals surface area contributed by atoms with Gasteiger partial charge in [0.25, 0.3) is 0 Å². The van der Waals surface area contributed by atoms with Crippen LogP contribution in [0.2, 0.25) is 5.02 Å². The largest absolute Gasteiger partial charge is 0.385 e. The predicted octanol–water partition coefficient (Wildman–Crippen LogP) is 2.27. The third-order valence-corrected chi connectivity index (χ3v) is 3.28. The summed E-state index contributed by atoms with van der Waals surface area (Å²) in [6.07, 6.45) is 1.38. The van der Waals surface area contributed by atoms with E-state index in [-0.39, 0.29) is 11.9 Å². The molecule has 4 nitrogen and oxygen atoms in total. The van der Waals surface area contributed by atoms with Crippen molar-refractivity contribution in [3.63, 3.8) is 0 Å². The molecule has 0 aromatic heterocycles. The van der Waals surface area contributed by atoms with Crippen LogP contribution < -0.4 is 11.1 Å². The normalized spacial score (nSPS) is 13.9. The number of nitrogens with two attached hydrogens (primary N) is 1. The Labute approximate surface area is 119 Å². The molecule has 0 spiro atoms. The molecule has 0 aliphatic rings. The number of carbonyl (C=O) groups is 1. The van der Waals surface area contributed by atoms with E-state index in [9.17, 15) is 4.79 Å². The van der Waals surface area contributed by atoms with Crippen LogP contribution in [0, 0.1) is 0 Å². The molecular formula is C14H21ClN2O2. The van der Waals surface area contributed by atoms with E-state index >= 15 is 0 Å². The Morgan fingerprint density at radius 3 is 2.79 bits per heavy atom. The lowest BCUT2D eigenvalue weighted by Gasteiger charge is -2.18. The molecule has 1 aromatic carbocycles. The summed E-state index contributed by atoms with van der Waals surface area (Å²) in [4.78, 5) is 11.9. The van der Waals surface area contributed by atoms with Gasteiger partial charge >= 0.3 is 0 Å². The van der Waals surface area contributed by atoms with E-state index in [0.717, 1.165) is 12.0 Å². The Hall–Kier alpha value is -1.10. The van der Waals surface area contributed by atoms with Crippen LogP contribution in [-0.4, -0.2) is 25.7 Å². The van der Waals surface area contributed by atoms with E-state index in [2.05, 4.69) is 5.32 Å². The Bertz CT molecular complexity index is 412. The fraction of sp³-hybridized carbons (Fsp3) is 0.500. The van der Waals surface area contributed by atoms with Crippen LogP contribution in [0.4, 0.5) is 0 Å². The molecule has 0 saturated heterocycles. The van der Waals surface area contributed by atoms with Crippen molar-refractivity contribution in [2.24, 2.45) is 5.73 Å². The molecule has 0 saturated carbocycles. The second-order valence-corrected chi connectivity index (χ2v) is 4.90. The number of hydrogen-bond donors (Lipinski definition) is 2. The minimum absolute atomic E-state index is 0.158. The molecule has 1 amide bonds. The van der Waals surface area contributed by atoms with E-state index in [1.807, 2.05) is 25.1 Å². The van der Waals surface area contributed by atoms with Crippen LogP contribution in [0.15, 0.2) is 24.3 Å². The minimum Gasteiger partial charge on any atom is -0.385 e. The highest BCUT2D eigenvalue weighted by atomic mass is 35.5. The SMILES string of the molecule is COCCCC(N)C(=O)N[C@@H](C)c1ccccc1Cl. The van der Waals surface area contributed by atoms with Gasteiger partial charge in [-0.2, -0.15) is 0 Å². The molecule has 1 unspecified atom stereocenters. The monoisotopic (exact) mass is 284 g/mol. The number of benzene rings is 1. The summed E-state index contributed by atoms with van der Waals surface area (Å²) in [6, 6.07) is 6.77. The maximum absolute atomic E-state index is 11.9. The molecule has 1 rings (SSSR count). The van der Waals surface area contributed by atoms with Gasteiger partial charge in [-0.25, -0.2) is 0 Å². The number of amides is 1. The maximum Gasteiger partial charge on any atom is 0.237 e. The highest BCUT2D eigenvalue weighted by molar-refractivity contribution is 6.31. The Morgan fingerprint density at radius 2 is 2.16 bits per heavy atom. The van der Waals surface area contributed by atoms with Gasteiger partial charge in [0.15, 0.2) is 0 Å². The van der Waals surface area contributed by atoms with Crippen molar-refractivity contribution in [1.82, 2.24) is 5.32 Å². The average molecular weight is 285 g/mol. The lowest BCUT2D eigenvalue weighted by atomic mass is 10.1. The number of carbonyl (C=O) groups excluding carboxylic acids is 1. The Balaban J connectivity index is 2.50. The van der Waals surface area contributed by atoms with Gasteiger partial charge < -0.3 is 15.8 Å². The van der Waals surface area contributed by atoms with Crippen LogP contribution in [0.25, 0.3) is 0 Å². The number of rotatable bonds is 7. The number of ether oxygens (including phenoxy) is 1. The van der Waals surface area contributed by atoms with Crippen LogP contribution in [-0.2, 0) is 9.53 Å². The van der Waals surface area contributed by atoms with Crippen molar-refractivity contribution in [2.45, 2.75) is 31.8 Å². The molecule has 0 fully saturated rings. The average Bonchev–Trinajstić information content (AvgIpc) is 2.39. The predicted molar refractivity (Wildman–Crippen MR) is 77.1 cm³/mol. The van der Waals surface area contributed by atoms with Gasteiger partial charge in [0.1, 0.15) is 0 Å². The fourth-order valence-electron chi connectivity index (χ4n) is 1.80. The van der Waals surface area contributed by atoms with Crippen LogP contribution >= 0.6 is 11.6 Å². The number of nitrogens with one attached hydrogen (secondary N) is 1. The molecule has 1 aromatic rings. The molecule has 0 aliphatic heterocycles. The molecule has 19 heavy (non-hydrogen) atoms. The smallest absolute Gasteiger partial charge is 0.237 e. The second kappa shape index (κ2) is 8.15. The van der Waals surface area contributed by atoms with Crippen LogP contribution in [0.3, 0.4) is 0 Å². The topological polar surface area (TPSA) is 64.3 Å². The van der Waals surface area contributed by atoms with Gasteiger partial charge in [-0.15, -0.1) is 0 Å². The zero-order chi connectivity index (χ0) is 14.3. The van der Waals surface area contributed by atoms with E-state index in [1.54, 1.807) is 13.2 Å². The summed E-state index contributed by atoms with van der Waals surface area (Å²) in [5, 5.41) is 3.52. The van der Waals surface area contributed by atoms with Gasteiger partial charge in [0.05, 0.1) is 12.1 Å². The summed E-state index contributed by atoms with van der Waals surface area (Å²) in [7, 11) is 1.63. The van der Waals surface area contributed by atoms with Gasteiger partial charge in [-0.3, -0.25) is 4.79 Å². The van der Waals surface area contributed by atoms with Gasteiger partial charge in [-0.05, 0) is 31.4 Å². The molecule has 0 radical (unpaired) electrons. The van der Waals surface area contributed by atoms with E-state index in [0.29, 0.717) is 18.1 Å². The van der Waals surface area contributed by atoms with E-state index in [4.69, 9.17) is 22.1 Å². The molecule has 2 atom stereocenters. The number of hydrogen-bond acceptors (Lipinski definition) is 3. The second-order valence-electron chi connectivity index (χ2n) is 4.49. The molecule has 5 heteroatoms. The first-order chi connectivity index (χ1) is 9.06. The Kier molecular flexibility index (Phi) is 6.84. The first-order valence-corrected chi connectivity index (χ1v) is 6.73.